The van der Waals surface area contributed by atoms with Crippen molar-refractivity contribution in [3.05, 3.63) is 35.4 Å². The highest BCUT2D eigenvalue weighted by Crippen LogP contribution is 2.35. The molecule has 0 spiro atoms. The Balaban J connectivity index is 1.61. The predicted octanol–water partition coefficient (Wildman–Crippen LogP) is 2.01. The zero-order valence-electron chi connectivity index (χ0n) is 13.2. The Labute approximate surface area is 140 Å². The lowest BCUT2D eigenvalue weighted by atomic mass is 10.0. The van der Waals surface area contributed by atoms with Gasteiger partial charge >= 0.3 is 5.97 Å². The first-order valence-electron chi connectivity index (χ1n) is 7.81. The number of benzene rings is 1. The number of hydrogen-bond acceptors (Lipinski definition) is 5. The lowest BCUT2D eigenvalue weighted by Gasteiger charge is -2.26. The standard InChI is InChI=1S/C17H21NO4S/c1-21-7-6-18-9-13(8-16(18)19)17(20)22-15-11-23-10-12-4-2-3-5-14(12)15/h2-5,13,15H,6-11H2,1H3/t13-,15+/m0/s1. The Hall–Kier alpha value is -1.53. The van der Waals surface area contributed by atoms with Crippen LogP contribution in [0.1, 0.15) is 23.7 Å². The summed E-state index contributed by atoms with van der Waals surface area (Å²) in [4.78, 5) is 26.1. The fraction of sp³-hybridized carbons (Fsp3) is 0.529. The van der Waals surface area contributed by atoms with Crippen molar-refractivity contribution in [2.45, 2.75) is 18.3 Å². The van der Waals surface area contributed by atoms with Crippen molar-refractivity contribution >= 4 is 23.6 Å². The third kappa shape index (κ3) is 3.70. The molecule has 0 radical (unpaired) electrons. The summed E-state index contributed by atoms with van der Waals surface area (Å²) in [5, 5.41) is 0. The molecular formula is C17H21NO4S. The largest absolute Gasteiger partial charge is 0.456 e. The first-order valence-corrected chi connectivity index (χ1v) is 8.97. The highest BCUT2D eigenvalue weighted by atomic mass is 32.2. The Bertz CT molecular complexity index is 592. The van der Waals surface area contributed by atoms with E-state index in [2.05, 4.69) is 6.07 Å². The molecule has 1 fully saturated rings. The average molecular weight is 335 g/mol. The number of carbonyl (C=O) groups excluding carboxylic acids is 2. The number of nitrogens with zero attached hydrogens (tertiary/aromatic N) is 1. The van der Waals surface area contributed by atoms with Crippen LogP contribution < -0.4 is 0 Å². The van der Waals surface area contributed by atoms with Crippen molar-refractivity contribution < 1.29 is 19.1 Å². The fourth-order valence-electron chi connectivity index (χ4n) is 3.03. The number of methoxy groups -OCH3 is 1. The molecule has 0 aliphatic carbocycles. The molecule has 0 aromatic heterocycles. The zero-order valence-corrected chi connectivity index (χ0v) is 14.0. The number of likely N-dealkylation sites (tertiary alicyclic amines) is 1. The van der Waals surface area contributed by atoms with Crippen LogP contribution in [0.4, 0.5) is 0 Å². The molecular weight excluding hydrogens is 314 g/mol. The van der Waals surface area contributed by atoms with Crippen LogP contribution in [-0.4, -0.2) is 49.3 Å². The van der Waals surface area contributed by atoms with Gasteiger partial charge in [-0.2, -0.15) is 11.8 Å². The summed E-state index contributed by atoms with van der Waals surface area (Å²) < 4.78 is 10.7. The second-order valence-electron chi connectivity index (χ2n) is 5.87. The summed E-state index contributed by atoms with van der Waals surface area (Å²) in [6.45, 7) is 1.45. The number of amides is 1. The minimum atomic E-state index is -0.363. The minimum absolute atomic E-state index is 0.00224. The third-order valence-corrected chi connectivity index (χ3v) is 5.35. The molecule has 1 amide bonds. The first kappa shape index (κ1) is 16.3. The molecule has 1 aromatic rings. The van der Waals surface area contributed by atoms with Gasteiger partial charge in [0.05, 0.1) is 12.5 Å². The van der Waals surface area contributed by atoms with E-state index in [0.29, 0.717) is 19.7 Å². The first-order chi connectivity index (χ1) is 11.2. The van der Waals surface area contributed by atoms with Crippen LogP contribution in [0.25, 0.3) is 0 Å². The molecule has 2 atom stereocenters. The van der Waals surface area contributed by atoms with Crippen molar-refractivity contribution in [1.82, 2.24) is 4.90 Å². The number of carbonyl (C=O) groups is 2. The SMILES string of the molecule is COCCN1C[C@@H](C(=O)O[C@@H]2CSCc3ccccc32)CC1=O. The molecule has 2 aliphatic heterocycles. The monoisotopic (exact) mass is 335 g/mol. The van der Waals surface area contributed by atoms with Crippen LogP contribution >= 0.6 is 11.8 Å². The molecule has 6 heteroatoms. The van der Waals surface area contributed by atoms with E-state index in [-0.39, 0.29) is 30.3 Å². The topological polar surface area (TPSA) is 55.8 Å². The molecule has 124 valence electrons. The number of fused-ring (bicyclic) bond motifs is 1. The second-order valence-corrected chi connectivity index (χ2v) is 6.90. The summed E-state index contributed by atoms with van der Waals surface area (Å²) in [5.41, 5.74) is 2.32. The average Bonchev–Trinajstić information content (AvgIpc) is 2.94. The molecule has 5 nitrogen and oxygen atoms in total. The summed E-state index contributed by atoms with van der Waals surface area (Å²) in [7, 11) is 1.60. The lowest BCUT2D eigenvalue weighted by molar-refractivity contribution is -0.153. The van der Waals surface area contributed by atoms with Gasteiger partial charge in [-0.25, -0.2) is 0 Å². The highest BCUT2D eigenvalue weighted by Gasteiger charge is 2.36. The van der Waals surface area contributed by atoms with Gasteiger partial charge in [0.2, 0.25) is 5.91 Å². The smallest absolute Gasteiger partial charge is 0.311 e. The van der Waals surface area contributed by atoms with Gasteiger partial charge in [-0.15, -0.1) is 0 Å². The maximum atomic E-state index is 12.4. The van der Waals surface area contributed by atoms with Gasteiger partial charge in [-0.3, -0.25) is 9.59 Å². The van der Waals surface area contributed by atoms with Crippen LogP contribution in [0.5, 0.6) is 0 Å². The van der Waals surface area contributed by atoms with Crippen molar-refractivity contribution in [2.24, 2.45) is 5.92 Å². The van der Waals surface area contributed by atoms with Crippen molar-refractivity contribution in [1.29, 1.82) is 0 Å². The number of ether oxygens (including phenoxy) is 2. The molecule has 23 heavy (non-hydrogen) atoms. The number of esters is 1. The van der Waals surface area contributed by atoms with Crippen molar-refractivity contribution in [2.75, 3.05) is 32.6 Å². The second kappa shape index (κ2) is 7.36. The maximum Gasteiger partial charge on any atom is 0.311 e. The van der Waals surface area contributed by atoms with Crippen LogP contribution in [0.2, 0.25) is 0 Å². The summed E-state index contributed by atoms with van der Waals surface area (Å²) in [6, 6.07) is 8.08. The van der Waals surface area contributed by atoms with E-state index in [1.807, 2.05) is 18.2 Å². The number of rotatable bonds is 5. The van der Waals surface area contributed by atoms with Crippen molar-refractivity contribution in [3.63, 3.8) is 0 Å². The molecule has 0 saturated carbocycles. The Morgan fingerprint density at radius 1 is 1.39 bits per heavy atom. The van der Waals surface area contributed by atoms with E-state index in [9.17, 15) is 9.59 Å². The van der Waals surface area contributed by atoms with Crippen LogP contribution in [0.3, 0.4) is 0 Å². The maximum absolute atomic E-state index is 12.4. The molecule has 2 heterocycles. The molecule has 2 aliphatic rings. The Kier molecular flexibility index (Phi) is 5.23. The Morgan fingerprint density at radius 2 is 2.22 bits per heavy atom. The lowest BCUT2D eigenvalue weighted by Crippen LogP contribution is -2.30. The van der Waals surface area contributed by atoms with E-state index in [4.69, 9.17) is 9.47 Å². The van der Waals surface area contributed by atoms with Gasteiger partial charge in [0.15, 0.2) is 0 Å². The van der Waals surface area contributed by atoms with E-state index in [1.54, 1.807) is 23.8 Å². The molecule has 0 unspecified atom stereocenters. The van der Waals surface area contributed by atoms with E-state index in [1.165, 1.54) is 5.56 Å². The molecule has 1 saturated heterocycles. The van der Waals surface area contributed by atoms with Crippen LogP contribution in [0.15, 0.2) is 24.3 Å². The van der Waals surface area contributed by atoms with Gasteiger partial charge in [0, 0.05) is 38.1 Å². The van der Waals surface area contributed by atoms with Crippen LogP contribution in [-0.2, 0) is 24.8 Å². The summed E-state index contributed by atoms with van der Waals surface area (Å²) in [6.07, 6.45) is 0.0323. The van der Waals surface area contributed by atoms with Gasteiger partial charge < -0.3 is 14.4 Å². The summed E-state index contributed by atoms with van der Waals surface area (Å²) in [5.74, 6) is 1.11. The van der Waals surface area contributed by atoms with Gasteiger partial charge in [0.1, 0.15) is 6.10 Å². The zero-order chi connectivity index (χ0) is 16.2. The fourth-order valence-corrected chi connectivity index (χ4v) is 4.09. The normalized spacial score (nSPS) is 23.7. The van der Waals surface area contributed by atoms with E-state index < -0.39 is 0 Å². The third-order valence-electron chi connectivity index (χ3n) is 4.30. The van der Waals surface area contributed by atoms with Crippen LogP contribution in [0, 0.1) is 5.92 Å². The van der Waals surface area contributed by atoms with Gasteiger partial charge in [-0.05, 0) is 11.1 Å². The van der Waals surface area contributed by atoms with Gasteiger partial charge in [-0.1, -0.05) is 24.3 Å². The van der Waals surface area contributed by atoms with E-state index >= 15 is 0 Å². The Morgan fingerprint density at radius 3 is 3.04 bits per heavy atom. The van der Waals surface area contributed by atoms with Gasteiger partial charge in [0.25, 0.3) is 0 Å². The summed E-state index contributed by atoms with van der Waals surface area (Å²) >= 11 is 1.77. The van der Waals surface area contributed by atoms with E-state index in [0.717, 1.165) is 17.1 Å². The molecule has 1 aromatic carbocycles. The number of hydrogen-bond donors (Lipinski definition) is 0. The molecule has 3 rings (SSSR count). The highest BCUT2D eigenvalue weighted by molar-refractivity contribution is 7.98. The predicted molar refractivity (Wildman–Crippen MR) is 88.0 cm³/mol. The minimum Gasteiger partial charge on any atom is -0.456 e. The molecule has 0 N–H and O–H groups in total. The quantitative estimate of drug-likeness (QED) is 0.771. The number of thioether (sulfide) groups is 1. The molecule has 0 bridgehead atoms. The van der Waals surface area contributed by atoms with Crippen molar-refractivity contribution in [3.8, 4) is 0 Å².